The van der Waals surface area contributed by atoms with Crippen molar-refractivity contribution in [2.45, 2.75) is 32.3 Å². The predicted molar refractivity (Wildman–Crippen MR) is 110 cm³/mol. The number of ether oxygens (including phenoxy) is 2. The van der Waals surface area contributed by atoms with Crippen LogP contribution < -0.4 is 5.73 Å². The van der Waals surface area contributed by atoms with E-state index in [1.165, 1.54) is 0 Å². The Kier molecular flexibility index (Phi) is 5.78. The molecule has 1 atom stereocenters. The Labute approximate surface area is 170 Å². The number of carbonyl (C=O) groups is 2. The van der Waals surface area contributed by atoms with Gasteiger partial charge in [0.05, 0.1) is 12.2 Å². The molecule has 0 saturated carbocycles. The Bertz CT molecular complexity index is 872. The standard InChI is InChI=1S/C23H27NO5/c1-22(2,3)29-14-23(13-24,20(25)26)21(27)28-12-19-17-10-6-4-8-15(17)16-9-5-7-11-18(16)19/h4-11,19H,12-14,24H2,1-3H3,(H,25,26)/t23-/m1/s1. The monoisotopic (exact) mass is 397 g/mol. The van der Waals surface area contributed by atoms with E-state index in [1.54, 1.807) is 20.8 Å². The van der Waals surface area contributed by atoms with Gasteiger partial charge in [0, 0.05) is 12.5 Å². The van der Waals surface area contributed by atoms with Crippen LogP contribution in [0.4, 0.5) is 0 Å². The summed E-state index contributed by atoms with van der Waals surface area (Å²) in [6.45, 7) is 4.64. The molecule has 0 aliphatic heterocycles. The molecule has 2 aromatic carbocycles. The van der Waals surface area contributed by atoms with Gasteiger partial charge in [-0.1, -0.05) is 48.5 Å². The van der Waals surface area contributed by atoms with Crippen molar-refractivity contribution in [3.05, 3.63) is 59.7 Å². The molecule has 1 aliphatic carbocycles. The molecule has 29 heavy (non-hydrogen) atoms. The fourth-order valence-electron chi connectivity index (χ4n) is 3.51. The third kappa shape index (κ3) is 4.04. The van der Waals surface area contributed by atoms with E-state index in [2.05, 4.69) is 0 Å². The SMILES string of the molecule is CC(C)(C)OC[C@](CN)(C(=O)O)C(=O)OCC1c2ccccc2-c2ccccc21. The number of rotatable bonds is 7. The Hall–Kier alpha value is -2.70. The molecule has 1 aliphatic rings. The fourth-order valence-corrected chi connectivity index (χ4v) is 3.51. The van der Waals surface area contributed by atoms with Crippen LogP contribution in [-0.2, 0) is 19.1 Å². The lowest BCUT2D eigenvalue weighted by Crippen LogP contribution is -2.51. The van der Waals surface area contributed by atoms with Crippen LogP contribution in [-0.4, -0.2) is 42.4 Å². The van der Waals surface area contributed by atoms with Crippen LogP contribution in [0.1, 0.15) is 37.8 Å². The van der Waals surface area contributed by atoms with Crippen LogP contribution in [0.5, 0.6) is 0 Å². The molecule has 0 aromatic heterocycles. The average molecular weight is 397 g/mol. The average Bonchev–Trinajstić information content (AvgIpc) is 3.00. The second kappa shape index (κ2) is 7.97. The second-order valence-corrected chi connectivity index (χ2v) is 8.32. The summed E-state index contributed by atoms with van der Waals surface area (Å²) in [7, 11) is 0. The molecule has 0 bridgehead atoms. The number of nitrogens with two attached hydrogens (primary N) is 1. The van der Waals surface area contributed by atoms with Gasteiger partial charge < -0.3 is 20.3 Å². The maximum Gasteiger partial charge on any atom is 0.327 e. The Balaban J connectivity index is 1.82. The quantitative estimate of drug-likeness (QED) is 0.550. The van der Waals surface area contributed by atoms with Crippen molar-refractivity contribution in [3.63, 3.8) is 0 Å². The van der Waals surface area contributed by atoms with E-state index in [0.717, 1.165) is 22.3 Å². The van der Waals surface area contributed by atoms with Crippen LogP contribution in [0, 0.1) is 5.41 Å². The van der Waals surface area contributed by atoms with E-state index >= 15 is 0 Å². The van der Waals surface area contributed by atoms with Gasteiger partial charge in [-0.3, -0.25) is 9.59 Å². The summed E-state index contributed by atoms with van der Waals surface area (Å²) in [5, 5.41) is 9.74. The minimum atomic E-state index is -1.94. The molecule has 0 spiro atoms. The second-order valence-electron chi connectivity index (χ2n) is 8.32. The van der Waals surface area contributed by atoms with Crippen LogP contribution >= 0.6 is 0 Å². The van der Waals surface area contributed by atoms with E-state index in [-0.39, 0.29) is 19.1 Å². The first kappa shape index (κ1) is 21.0. The Morgan fingerprint density at radius 2 is 1.52 bits per heavy atom. The molecular formula is C23H27NO5. The summed E-state index contributed by atoms with van der Waals surface area (Å²) in [6, 6.07) is 15.9. The van der Waals surface area contributed by atoms with E-state index < -0.39 is 29.5 Å². The molecule has 6 heteroatoms. The first-order valence-corrected chi connectivity index (χ1v) is 9.62. The minimum absolute atomic E-state index is 0.0391. The first-order chi connectivity index (χ1) is 13.7. The van der Waals surface area contributed by atoms with Gasteiger partial charge in [0.15, 0.2) is 5.41 Å². The van der Waals surface area contributed by atoms with Crippen molar-refractivity contribution >= 4 is 11.9 Å². The third-order valence-corrected chi connectivity index (χ3v) is 5.24. The smallest absolute Gasteiger partial charge is 0.327 e. The van der Waals surface area contributed by atoms with Gasteiger partial charge in [-0.25, -0.2) is 0 Å². The molecule has 0 heterocycles. The Morgan fingerprint density at radius 3 is 1.97 bits per heavy atom. The summed E-state index contributed by atoms with van der Waals surface area (Å²) >= 11 is 0. The molecule has 0 radical (unpaired) electrons. The summed E-state index contributed by atoms with van der Waals surface area (Å²) in [5.74, 6) is -2.38. The topological polar surface area (TPSA) is 98.9 Å². The summed E-state index contributed by atoms with van der Waals surface area (Å²) in [5.41, 5.74) is 7.48. The zero-order chi connectivity index (χ0) is 21.2. The molecule has 2 aromatic rings. The maximum absolute atomic E-state index is 12.9. The molecule has 3 N–H and O–H groups in total. The minimum Gasteiger partial charge on any atom is -0.480 e. The molecule has 0 amide bonds. The van der Waals surface area contributed by atoms with E-state index in [9.17, 15) is 14.7 Å². The molecule has 0 saturated heterocycles. The largest absolute Gasteiger partial charge is 0.480 e. The highest BCUT2D eigenvalue weighted by atomic mass is 16.5. The maximum atomic E-state index is 12.9. The summed E-state index contributed by atoms with van der Waals surface area (Å²) < 4.78 is 11.1. The van der Waals surface area contributed by atoms with E-state index in [4.69, 9.17) is 15.2 Å². The highest BCUT2D eigenvalue weighted by Gasteiger charge is 2.48. The van der Waals surface area contributed by atoms with Crippen molar-refractivity contribution in [1.82, 2.24) is 0 Å². The molecule has 6 nitrogen and oxygen atoms in total. The van der Waals surface area contributed by atoms with Crippen LogP contribution in [0.2, 0.25) is 0 Å². The van der Waals surface area contributed by atoms with Gasteiger partial charge in [0.1, 0.15) is 6.61 Å². The molecular weight excluding hydrogens is 370 g/mol. The Morgan fingerprint density at radius 1 is 1.00 bits per heavy atom. The highest BCUT2D eigenvalue weighted by molar-refractivity contribution is 5.99. The molecule has 0 unspecified atom stereocenters. The number of carbonyl (C=O) groups excluding carboxylic acids is 1. The van der Waals surface area contributed by atoms with E-state index in [0.29, 0.717) is 0 Å². The number of carboxylic acids is 1. The zero-order valence-electron chi connectivity index (χ0n) is 17.0. The molecule has 154 valence electrons. The van der Waals surface area contributed by atoms with Gasteiger partial charge in [0.2, 0.25) is 0 Å². The number of fused-ring (bicyclic) bond motifs is 3. The third-order valence-electron chi connectivity index (χ3n) is 5.24. The first-order valence-electron chi connectivity index (χ1n) is 9.62. The van der Waals surface area contributed by atoms with Crippen molar-refractivity contribution in [2.75, 3.05) is 19.8 Å². The van der Waals surface area contributed by atoms with Crippen molar-refractivity contribution in [1.29, 1.82) is 0 Å². The lowest BCUT2D eigenvalue weighted by molar-refractivity contribution is -0.176. The molecule has 0 fully saturated rings. The zero-order valence-corrected chi connectivity index (χ0v) is 17.0. The number of benzene rings is 2. The van der Waals surface area contributed by atoms with Crippen molar-refractivity contribution in [3.8, 4) is 11.1 Å². The predicted octanol–water partition coefficient (Wildman–Crippen LogP) is 3.19. The number of aliphatic carboxylic acids is 1. The number of hydrogen-bond donors (Lipinski definition) is 2. The van der Waals surface area contributed by atoms with Crippen LogP contribution in [0.15, 0.2) is 48.5 Å². The van der Waals surface area contributed by atoms with Gasteiger partial charge in [-0.15, -0.1) is 0 Å². The number of carboxylic acid groups (broad SMARTS) is 1. The normalized spacial score (nSPS) is 15.3. The molecule has 3 rings (SSSR count). The van der Waals surface area contributed by atoms with Crippen molar-refractivity contribution in [2.24, 2.45) is 11.1 Å². The lowest BCUT2D eigenvalue weighted by atomic mass is 9.89. The number of hydrogen-bond acceptors (Lipinski definition) is 5. The van der Waals surface area contributed by atoms with Gasteiger partial charge in [-0.05, 0) is 43.0 Å². The fraction of sp³-hybridized carbons (Fsp3) is 0.391. The van der Waals surface area contributed by atoms with Gasteiger partial charge in [-0.2, -0.15) is 0 Å². The highest BCUT2D eigenvalue weighted by Crippen LogP contribution is 2.44. The van der Waals surface area contributed by atoms with Gasteiger partial charge >= 0.3 is 11.9 Å². The lowest BCUT2D eigenvalue weighted by Gasteiger charge is -2.30. The number of esters is 1. The summed E-state index contributed by atoms with van der Waals surface area (Å²) in [6.07, 6.45) is 0. The van der Waals surface area contributed by atoms with Crippen LogP contribution in [0.3, 0.4) is 0 Å². The van der Waals surface area contributed by atoms with Crippen LogP contribution in [0.25, 0.3) is 11.1 Å². The van der Waals surface area contributed by atoms with Gasteiger partial charge in [0.25, 0.3) is 0 Å². The summed E-state index contributed by atoms with van der Waals surface area (Å²) in [4.78, 5) is 24.8. The van der Waals surface area contributed by atoms with Crippen molar-refractivity contribution < 1.29 is 24.2 Å². The van der Waals surface area contributed by atoms with E-state index in [1.807, 2.05) is 48.5 Å².